The van der Waals surface area contributed by atoms with Crippen LogP contribution in [0.3, 0.4) is 0 Å². The molecule has 0 amide bonds. The summed E-state index contributed by atoms with van der Waals surface area (Å²) < 4.78 is 0. The summed E-state index contributed by atoms with van der Waals surface area (Å²) in [5.41, 5.74) is 1.73. The molecule has 2 aliphatic carbocycles. The smallest absolute Gasteiger partial charge is 0.0591 e. The van der Waals surface area contributed by atoms with E-state index in [2.05, 4.69) is 27.8 Å². The van der Waals surface area contributed by atoms with Gasteiger partial charge in [0.05, 0.1) is 5.60 Å². The fourth-order valence-corrected chi connectivity index (χ4v) is 5.25. The zero-order valence-electron chi connectivity index (χ0n) is 13.4. The summed E-state index contributed by atoms with van der Waals surface area (Å²) in [5, 5.41) is 9.80. The first-order chi connectivity index (χ1) is 9.37. The highest BCUT2D eigenvalue weighted by Crippen LogP contribution is 2.58. The molecule has 2 fully saturated rings. The molecule has 1 N–H and O–H groups in total. The SMILES string of the molecule is CC(C)(O)CCCCC1CCC2/C(=C/Br)CCCC12C. The highest BCUT2D eigenvalue weighted by Gasteiger charge is 2.48. The maximum Gasteiger partial charge on any atom is 0.0591 e. The average molecular weight is 343 g/mol. The normalized spacial score (nSPS) is 36.4. The predicted octanol–water partition coefficient (Wildman–Crippen LogP) is 5.81. The summed E-state index contributed by atoms with van der Waals surface area (Å²) in [7, 11) is 0. The molecule has 20 heavy (non-hydrogen) atoms. The van der Waals surface area contributed by atoms with Gasteiger partial charge in [-0.1, -0.05) is 41.3 Å². The third-order valence-electron chi connectivity index (χ3n) is 5.89. The molecule has 2 rings (SSSR count). The van der Waals surface area contributed by atoms with Crippen molar-refractivity contribution in [3.8, 4) is 0 Å². The largest absolute Gasteiger partial charge is 0.390 e. The van der Waals surface area contributed by atoms with Gasteiger partial charge in [0.15, 0.2) is 0 Å². The lowest BCUT2D eigenvalue weighted by molar-refractivity contribution is 0.0660. The topological polar surface area (TPSA) is 20.2 Å². The molecule has 3 atom stereocenters. The summed E-state index contributed by atoms with van der Waals surface area (Å²) >= 11 is 3.59. The van der Waals surface area contributed by atoms with Gasteiger partial charge in [-0.25, -0.2) is 0 Å². The van der Waals surface area contributed by atoms with E-state index in [0.29, 0.717) is 5.41 Å². The lowest BCUT2D eigenvalue weighted by Crippen LogP contribution is -2.33. The van der Waals surface area contributed by atoms with Crippen LogP contribution in [0.4, 0.5) is 0 Å². The molecule has 0 bridgehead atoms. The predicted molar refractivity (Wildman–Crippen MR) is 89.9 cm³/mol. The molecule has 0 heterocycles. The molecular formula is C18H31BrO. The fraction of sp³-hybridized carbons (Fsp3) is 0.889. The Bertz CT molecular complexity index is 355. The first kappa shape index (κ1) is 16.5. The second kappa shape index (κ2) is 6.52. The van der Waals surface area contributed by atoms with E-state index in [1.165, 1.54) is 51.4 Å². The Morgan fingerprint density at radius 1 is 1.35 bits per heavy atom. The van der Waals surface area contributed by atoms with E-state index >= 15 is 0 Å². The minimum atomic E-state index is -0.487. The Morgan fingerprint density at radius 3 is 2.75 bits per heavy atom. The van der Waals surface area contributed by atoms with Crippen LogP contribution in [0.5, 0.6) is 0 Å². The molecule has 0 aromatic carbocycles. The van der Waals surface area contributed by atoms with Crippen LogP contribution >= 0.6 is 15.9 Å². The molecule has 0 aromatic rings. The van der Waals surface area contributed by atoms with Crippen molar-refractivity contribution in [3.63, 3.8) is 0 Å². The van der Waals surface area contributed by atoms with Crippen molar-refractivity contribution < 1.29 is 5.11 Å². The van der Waals surface area contributed by atoms with E-state index in [4.69, 9.17) is 0 Å². The van der Waals surface area contributed by atoms with E-state index in [1.807, 2.05) is 13.8 Å². The summed E-state index contributed by atoms with van der Waals surface area (Å²) in [6.45, 7) is 6.39. The molecule has 0 aromatic heterocycles. The molecule has 2 saturated carbocycles. The van der Waals surface area contributed by atoms with Crippen molar-refractivity contribution in [1.82, 2.24) is 0 Å². The summed E-state index contributed by atoms with van der Waals surface area (Å²) in [6, 6.07) is 0. The van der Waals surface area contributed by atoms with E-state index in [-0.39, 0.29) is 0 Å². The van der Waals surface area contributed by atoms with Crippen LogP contribution in [-0.2, 0) is 0 Å². The van der Waals surface area contributed by atoms with Crippen molar-refractivity contribution in [2.75, 3.05) is 0 Å². The standard InChI is InChI=1S/C18H31BrO/c1-17(2,20)11-5-4-8-15-9-10-16-14(13-19)7-6-12-18(15,16)3/h13,15-16,20H,4-12H2,1-3H3/b14-13+. The van der Waals surface area contributed by atoms with Crippen LogP contribution < -0.4 is 0 Å². The van der Waals surface area contributed by atoms with Gasteiger partial charge in [-0.3, -0.25) is 0 Å². The van der Waals surface area contributed by atoms with Gasteiger partial charge in [0.2, 0.25) is 0 Å². The Hall–Kier alpha value is 0.180. The fourth-order valence-electron chi connectivity index (χ4n) is 4.70. The molecule has 0 saturated heterocycles. The Balaban J connectivity index is 1.87. The van der Waals surface area contributed by atoms with Crippen molar-refractivity contribution in [1.29, 1.82) is 0 Å². The second-order valence-corrected chi connectivity index (χ2v) is 8.39. The number of allylic oxidation sites excluding steroid dienone is 1. The molecule has 1 nitrogen and oxygen atoms in total. The maximum absolute atomic E-state index is 9.80. The van der Waals surface area contributed by atoms with E-state index in [1.54, 1.807) is 5.57 Å². The summed E-state index contributed by atoms with van der Waals surface area (Å²) in [6.07, 6.45) is 11.6. The van der Waals surface area contributed by atoms with Crippen LogP contribution in [0.25, 0.3) is 0 Å². The van der Waals surface area contributed by atoms with E-state index < -0.39 is 5.60 Å². The van der Waals surface area contributed by atoms with Gasteiger partial charge in [0.1, 0.15) is 0 Å². The third-order valence-corrected chi connectivity index (χ3v) is 6.48. The Kier molecular flexibility index (Phi) is 5.40. The highest BCUT2D eigenvalue weighted by molar-refractivity contribution is 9.11. The zero-order chi connectivity index (χ0) is 14.8. The summed E-state index contributed by atoms with van der Waals surface area (Å²) in [4.78, 5) is 2.21. The zero-order valence-corrected chi connectivity index (χ0v) is 15.0. The Labute approximate surface area is 133 Å². The average Bonchev–Trinajstić information content (AvgIpc) is 2.70. The molecule has 2 aliphatic rings. The van der Waals surface area contributed by atoms with E-state index in [9.17, 15) is 5.11 Å². The minimum Gasteiger partial charge on any atom is -0.390 e. The van der Waals surface area contributed by atoms with Crippen LogP contribution in [0.2, 0.25) is 0 Å². The number of hydrogen-bond donors (Lipinski definition) is 1. The first-order valence-corrected chi connectivity index (χ1v) is 9.30. The second-order valence-electron chi connectivity index (χ2n) is 7.93. The van der Waals surface area contributed by atoms with Gasteiger partial charge in [-0.05, 0) is 81.0 Å². The molecule has 3 unspecified atom stereocenters. The van der Waals surface area contributed by atoms with Crippen molar-refractivity contribution in [2.24, 2.45) is 17.3 Å². The van der Waals surface area contributed by atoms with Gasteiger partial charge in [-0.2, -0.15) is 0 Å². The number of aliphatic hydroxyl groups is 1. The Morgan fingerprint density at radius 2 is 2.10 bits per heavy atom. The third kappa shape index (κ3) is 3.68. The lowest BCUT2D eigenvalue weighted by Gasteiger charge is -2.42. The number of rotatable bonds is 5. The number of fused-ring (bicyclic) bond motifs is 1. The number of halogens is 1. The van der Waals surface area contributed by atoms with Gasteiger partial charge < -0.3 is 5.11 Å². The number of hydrogen-bond acceptors (Lipinski definition) is 1. The van der Waals surface area contributed by atoms with Gasteiger partial charge in [0, 0.05) is 0 Å². The molecule has 0 radical (unpaired) electrons. The monoisotopic (exact) mass is 342 g/mol. The van der Waals surface area contributed by atoms with Gasteiger partial charge >= 0.3 is 0 Å². The van der Waals surface area contributed by atoms with Gasteiger partial charge in [-0.15, -0.1) is 0 Å². The van der Waals surface area contributed by atoms with Gasteiger partial charge in [0.25, 0.3) is 0 Å². The molecule has 0 aliphatic heterocycles. The lowest BCUT2D eigenvalue weighted by atomic mass is 9.63. The molecule has 2 heteroatoms. The van der Waals surface area contributed by atoms with Crippen LogP contribution in [0, 0.1) is 17.3 Å². The number of unbranched alkanes of at least 4 members (excludes halogenated alkanes) is 1. The first-order valence-electron chi connectivity index (χ1n) is 8.38. The maximum atomic E-state index is 9.80. The molecule has 0 spiro atoms. The van der Waals surface area contributed by atoms with Crippen LogP contribution in [0.15, 0.2) is 10.6 Å². The van der Waals surface area contributed by atoms with Crippen molar-refractivity contribution >= 4 is 15.9 Å². The van der Waals surface area contributed by atoms with Crippen molar-refractivity contribution in [2.45, 2.75) is 84.2 Å². The highest BCUT2D eigenvalue weighted by atomic mass is 79.9. The van der Waals surface area contributed by atoms with Crippen molar-refractivity contribution in [3.05, 3.63) is 10.6 Å². The molecular weight excluding hydrogens is 312 g/mol. The molecule has 116 valence electrons. The summed E-state index contributed by atoms with van der Waals surface area (Å²) in [5.74, 6) is 1.73. The van der Waals surface area contributed by atoms with Crippen LogP contribution in [-0.4, -0.2) is 10.7 Å². The van der Waals surface area contributed by atoms with E-state index in [0.717, 1.165) is 18.3 Å². The van der Waals surface area contributed by atoms with Crippen LogP contribution in [0.1, 0.15) is 78.6 Å². The quantitative estimate of drug-likeness (QED) is 0.624. The minimum absolute atomic E-state index is 0.487.